The number of rotatable bonds is 8. The lowest BCUT2D eigenvalue weighted by molar-refractivity contribution is -0.117. The van der Waals surface area contributed by atoms with Crippen LogP contribution >= 0.6 is 0 Å². The minimum Gasteiger partial charge on any atom is -0.507 e. The monoisotopic (exact) mass is 502 g/mol. The lowest BCUT2D eigenvalue weighted by atomic mass is 10.0. The molecule has 7 nitrogen and oxygen atoms in total. The summed E-state index contributed by atoms with van der Waals surface area (Å²) in [5, 5.41) is 23.0. The number of aromatic hydroxyl groups is 2. The number of amides is 1. The van der Waals surface area contributed by atoms with Gasteiger partial charge in [-0.2, -0.15) is 0 Å². The molecule has 188 valence electrons. The summed E-state index contributed by atoms with van der Waals surface area (Å²) in [6.07, 6.45) is 3.76. The van der Waals surface area contributed by atoms with Crippen LogP contribution in [0.5, 0.6) is 11.5 Å². The minimum atomic E-state index is -0.856. The fraction of sp³-hybridized carbons (Fsp3) is 0.0968. The quantitative estimate of drug-likeness (QED) is 0.284. The zero-order valence-electron chi connectivity index (χ0n) is 20.5. The second-order valence-corrected chi connectivity index (χ2v) is 8.84. The standard InChI is InChI=1S/C31H26N4O3/c36-29-11-5-2-8-23(29)18-32-20-28(33-19-24-9-3-6-12-30(24)37)31(38)34-25-15-13-21(14-16-25)27-17-22-7-1-4-10-26(22)35-27/h1-16,18-19,28,36-37H,17,20H2,(H,34,38). The number of aliphatic imine (C=N–C) groups is 3. The molecule has 1 amide bonds. The highest BCUT2D eigenvalue weighted by molar-refractivity contribution is 6.07. The summed E-state index contributed by atoms with van der Waals surface area (Å²) in [5.74, 6) is -0.171. The number of carbonyl (C=O) groups excluding carboxylic acids is 1. The first kappa shape index (κ1) is 24.6. The van der Waals surface area contributed by atoms with E-state index in [-0.39, 0.29) is 24.0 Å². The molecule has 4 aromatic rings. The number of anilines is 1. The Morgan fingerprint density at radius 2 is 1.47 bits per heavy atom. The van der Waals surface area contributed by atoms with Crippen molar-refractivity contribution in [3.63, 3.8) is 0 Å². The van der Waals surface area contributed by atoms with Gasteiger partial charge in [0.1, 0.15) is 17.5 Å². The second-order valence-electron chi connectivity index (χ2n) is 8.84. The molecular weight excluding hydrogens is 476 g/mol. The Bertz CT molecular complexity index is 1540. The number of para-hydroxylation sites is 3. The van der Waals surface area contributed by atoms with Crippen LogP contribution < -0.4 is 5.32 Å². The molecule has 38 heavy (non-hydrogen) atoms. The Morgan fingerprint density at radius 3 is 2.16 bits per heavy atom. The molecule has 0 fully saturated rings. The van der Waals surface area contributed by atoms with Gasteiger partial charge in [0.25, 0.3) is 5.91 Å². The predicted octanol–water partition coefficient (Wildman–Crippen LogP) is 5.32. The van der Waals surface area contributed by atoms with Crippen molar-refractivity contribution in [1.82, 2.24) is 0 Å². The molecular formula is C31H26N4O3. The summed E-state index contributed by atoms with van der Waals surface area (Å²) < 4.78 is 0. The molecule has 0 radical (unpaired) electrons. The predicted molar refractivity (Wildman–Crippen MR) is 151 cm³/mol. The maximum absolute atomic E-state index is 13.2. The molecule has 1 atom stereocenters. The maximum atomic E-state index is 13.2. The lowest BCUT2D eigenvalue weighted by Crippen LogP contribution is -2.29. The number of hydrogen-bond acceptors (Lipinski definition) is 6. The molecule has 3 N–H and O–H groups in total. The van der Waals surface area contributed by atoms with E-state index in [0.717, 1.165) is 23.4 Å². The van der Waals surface area contributed by atoms with Crippen molar-refractivity contribution in [2.24, 2.45) is 15.0 Å². The molecule has 5 rings (SSSR count). The molecule has 0 aromatic heterocycles. The first-order valence-corrected chi connectivity index (χ1v) is 12.2. The second kappa shape index (κ2) is 11.3. The number of fused-ring (bicyclic) bond motifs is 1. The van der Waals surface area contributed by atoms with Gasteiger partial charge < -0.3 is 15.5 Å². The molecule has 0 aliphatic carbocycles. The van der Waals surface area contributed by atoms with E-state index in [4.69, 9.17) is 4.99 Å². The van der Waals surface area contributed by atoms with Crippen LogP contribution in [0.4, 0.5) is 11.4 Å². The Kier molecular flexibility index (Phi) is 7.36. The molecule has 4 aromatic carbocycles. The van der Waals surface area contributed by atoms with Crippen molar-refractivity contribution in [2.75, 3.05) is 11.9 Å². The van der Waals surface area contributed by atoms with Crippen LogP contribution in [-0.2, 0) is 11.2 Å². The summed E-state index contributed by atoms with van der Waals surface area (Å²) in [6, 6.07) is 28.4. The lowest BCUT2D eigenvalue weighted by Gasteiger charge is -2.12. The van der Waals surface area contributed by atoms with Crippen molar-refractivity contribution < 1.29 is 15.0 Å². The van der Waals surface area contributed by atoms with E-state index in [1.807, 2.05) is 42.5 Å². The third-order valence-electron chi connectivity index (χ3n) is 6.17. The Balaban J connectivity index is 1.30. The maximum Gasteiger partial charge on any atom is 0.251 e. The summed E-state index contributed by atoms with van der Waals surface area (Å²) in [4.78, 5) is 26.7. The average molecular weight is 503 g/mol. The van der Waals surface area contributed by atoms with Crippen molar-refractivity contribution >= 4 is 35.4 Å². The van der Waals surface area contributed by atoms with Crippen LogP contribution in [0.25, 0.3) is 0 Å². The fourth-order valence-corrected chi connectivity index (χ4v) is 4.09. The van der Waals surface area contributed by atoms with E-state index in [1.165, 1.54) is 18.0 Å². The number of hydrogen-bond donors (Lipinski definition) is 3. The third-order valence-corrected chi connectivity index (χ3v) is 6.17. The molecule has 0 saturated carbocycles. The highest BCUT2D eigenvalue weighted by atomic mass is 16.3. The van der Waals surface area contributed by atoms with E-state index in [1.54, 1.807) is 48.5 Å². The van der Waals surface area contributed by atoms with E-state index in [0.29, 0.717) is 16.8 Å². The number of benzene rings is 4. The van der Waals surface area contributed by atoms with Crippen LogP contribution in [-0.4, -0.2) is 46.8 Å². The van der Waals surface area contributed by atoms with Crippen molar-refractivity contribution in [3.8, 4) is 11.5 Å². The van der Waals surface area contributed by atoms with Gasteiger partial charge >= 0.3 is 0 Å². The molecule has 1 unspecified atom stereocenters. The van der Waals surface area contributed by atoms with Gasteiger partial charge in [0.05, 0.1) is 17.9 Å². The van der Waals surface area contributed by atoms with Gasteiger partial charge in [0.15, 0.2) is 0 Å². The summed E-state index contributed by atoms with van der Waals surface area (Å²) in [5.41, 5.74) is 5.86. The van der Waals surface area contributed by atoms with E-state index >= 15 is 0 Å². The first-order valence-electron chi connectivity index (χ1n) is 12.2. The topological polar surface area (TPSA) is 107 Å². The summed E-state index contributed by atoms with van der Waals surface area (Å²) >= 11 is 0. The van der Waals surface area contributed by atoms with Gasteiger partial charge in [-0.15, -0.1) is 0 Å². The number of nitrogens with zero attached hydrogens (tertiary/aromatic N) is 3. The van der Waals surface area contributed by atoms with Gasteiger partial charge in [0.2, 0.25) is 0 Å². The smallest absolute Gasteiger partial charge is 0.251 e. The molecule has 7 heteroatoms. The molecule has 1 aliphatic heterocycles. The largest absolute Gasteiger partial charge is 0.507 e. The molecule has 1 heterocycles. The van der Waals surface area contributed by atoms with Crippen molar-refractivity contribution in [1.29, 1.82) is 0 Å². The molecule has 0 bridgehead atoms. The Morgan fingerprint density at radius 1 is 0.842 bits per heavy atom. The minimum absolute atomic E-state index is 0.0530. The Hall–Kier alpha value is -5.04. The van der Waals surface area contributed by atoms with Gasteiger partial charge in [-0.1, -0.05) is 54.6 Å². The van der Waals surface area contributed by atoms with Gasteiger partial charge in [0, 0.05) is 35.7 Å². The fourth-order valence-electron chi connectivity index (χ4n) is 4.09. The summed E-state index contributed by atoms with van der Waals surface area (Å²) in [6.45, 7) is 0.0530. The van der Waals surface area contributed by atoms with Crippen molar-refractivity contribution in [3.05, 3.63) is 119 Å². The van der Waals surface area contributed by atoms with Gasteiger partial charge in [-0.25, -0.2) is 0 Å². The normalized spacial score (nSPS) is 13.4. The highest BCUT2D eigenvalue weighted by Gasteiger charge is 2.18. The zero-order valence-corrected chi connectivity index (χ0v) is 20.5. The number of phenols is 2. The van der Waals surface area contributed by atoms with Gasteiger partial charge in [-0.05, 0) is 53.6 Å². The Labute approximate surface area is 220 Å². The van der Waals surface area contributed by atoms with Crippen LogP contribution in [0.1, 0.15) is 22.3 Å². The van der Waals surface area contributed by atoms with Crippen LogP contribution in [0.2, 0.25) is 0 Å². The molecule has 0 spiro atoms. The van der Waals surface area contributed by atoms with Crippen molar-refractivity contribution in [2.45, 2.75) is 12.5 Å². The number of carbonyl (C=O) groups is 1. The average Bonchev–Trinajstić information content (AvgIpc) is 3.37. The number of phenolic OH excluding ortho intramolecular Hbond substituents is 2. The molecule has 0 saturated heterocycles. The van der Waals surface area contributed by atoms with E-state index in [2.05, 4.69) is 21.4 Å². The third kappa shape index (κ3) is 5.84. The summed E-state index contributed by atoms with van der Waals surface area (Å²) in [7, 11) is 0. The van der Waals surface area contributed by atoms with E-state index < -0.39 is 6.04 Å². The first-order chi connectivity index (χ1) is 18.6. The zero-order chi connectivity index (χ0) is 26.3. The van der Waals surface area contributed by atoms with E-state index in [9.17, 15) is 15.0 Å². The van der Waals surface area contributed by atoms with Crippen LogP contribution in [0.15, 0.2) is 112 Å². The van der Waals surface area contributed by atoms with Crippen LogP contribution in [0, 0.1) is 0 Å². The van der Waals surface area contributed by atoms with Gasteiger partial charge in [-0.3, -0.25) is 19.8 Å². The molecule has 1 aliphatic rings. The number of nitrogens with one attached hydrogen (secondary N) is 1. The SMILES string of the molecule is O=C(Nc1ccc(C2=Nc3ccccc3C2)cc1)C(CN=Cc1ccccc1O)N=Cc1ccccc1O. The van der Waals surface area contributed by atoms with Crippen LogP contribution in [0.3, 0.4) is 0 Å². The highest BCUT2D eigenvalue weighted by Crippen LogP contribution is 2.28.